The highest BCUT2D eigenvalue weighted by Crippen LogP contribution is 2.43. The predicted octanol–water partition coefficient (Wildman–Crippen LogP) is 2.83. The quantitative estimate of drug-likeness (QED) is 0.783. The molecule has 3 rings (SSSR count). The average Bonchev–Trinajstić information content (AvgIpc) is 3.13. The Bertz CT molecular complexity index is 343. The van der Waals surface area contributed by atoms with E-state index in [0.29, 0.717) is 0 Å². The summed E-state index contributed by atoms with van der Waals surface area (Å²) in [6.45, 7) is 2.18. The third-order valence-electron chi connectivity index (χ3n) is 4.56. The SMILES string of the molecule is c1cnn(CCCNC2CCCC(C3CC3)C2)c1. The number of rotatable bonds is 6. The zero-order valence-corrected chi connectivity index (χ0v) is 11.2. The predicted molar refractivity (Wildman–Crippen MR) is 73.3 cm³/mol. The molecule has 0 aliphatic heterocycles. The number of hydrogen-bond donors (Lipinski definition) is 1. The van der Waals surface area contributed by atoms with Gasteiger partial charge < -0.3 is 5.32 Å². The van der Waals surface area contributed by atoms with Crippen molar-refractivity contribution in [3.63, 3.8) is 0 Å². The Morgan fingerprint density at radius 1 is 1.17 bits per heavy atom. The van der Waals surface area contributed by atoms with Gasteiger partial charge in [-0.15, -0.1) is 0 Å². The molecule has 0 amide bonds. The van der Waals surface area contributed by atoms with Gasteiger partial charge >= 0.3 is 0 Å². The van der Waals surface area contributed by atoms with Gasteiger partial charge in [0.2, 0.25) is 0 Å². The van der Waals surface area contributed by atoms with E-state index in [1.165, 1.54) is 44.9 Å². The summed E-state index contributed by atoms with van der Waals surface area (Å²) < 4.78 is 2.02. The van der Waals surface area contributed by atoms with Crippen LogP contribution in [0.2, 0.25) is 0 Å². The molecule has 2 fully saturated rings. The van der Waals surface area contributed by atoms with Gasteiger partial charge in [-0.2, -0.15) is 5.10 Å². The van der Waals surface area contributed by atoms with Crippen LogP contribution in [0, 0.1) is 11.8 Å². The molecule has 0 aromatic carbocycles. The van der Waals surface area contributed by atoms with Crippen LogP contribution in [0.1, 0.15) is 44.9 Å². The van der Waals surface area contributed by atoms with Crippen LogP contribution in [0.25, 0.3) is 0 Å². The van der Waals surface area contributed by atoms with Crippen molar-refractivity contribution in [2.45, 2.75) is 57.5 Å². The minimum atomic E-state index is 0.793. The molecule has 2 saturated carbocycles. The Morgan fingerprint density at radius 3 is 2.89 bits per heavy atom. The van der Waals surface area contributed by atoms with E-state index in [0.717, 1.165) is 31.0 Å². The van der Waals surface area contributed by atoms with Gasteiger partial charge in [-0.3, -0.25) is 4.68 Å². The van der Waals surface area contributed by atoms with Crippen molar-refractivity contribution in [3.8, 4) is 0 Å². The van der Waals surface area contributed by atoms with E-state index < -0.39 is 0 Å². The van der Waals surface area contributed by atoms with E-state index in [-0.39, 0.29) is 0 Å². The van der Waals surface area contributed by atoms with Crippen LogP contribution in [-0.4, -0.2) is 22.4 Å². The van der Waals surface area contributed by atoms with Crippen LogP contribution in [0.5, 0.6) is 0 Å². The minimum absolute atomic E-state index is 0.793. The minimum Gasteiger partial charge on any atom is -0.314 e. The van der Waals surface area contributed by atoms with Crippen molar-refractivity contribution in [3.05, 3.63) is 18.5 Å². The van der Waals surface area contributed by atoms with Crippen molar-refractivity contribution in [2.24, 2.45) is 11.8 Å². The van der Waals surface area contributed by atoms with E-state index in [1.54, 1.807) is 0 Å². The average molecular weight is 247 g/mol. The molecule has 0 radical (unpaired) electrons. The monoisotopic (exact) mass is 247 g/mol. The van der Waals surface area contributed by atoms with E-state index in [4.69, 9.17) is 0 Å². The highest BCUT2D eigenvalue weighted by Gasteiger charge is 2.34. The number of aryl methyl sites for hydroxylation is 1. The van der Waals surface area contributed by atoms with Gasteiger partial charge in [0.25, 0.3) is 0 Å². The molecule has 0 bridgehead atoms. The molecule has 100 valence electrons. The fraction of sp³-hybridized carbons (Fsp3) is 0.800. The van der Waals surface area contributed by atoms with Crippen LogP contribution in [0.3, 0.4) is 0 Å². The van der Waals surface area contributed by atoms with E-state index >= 15 is 0 Å². The number of aromatic nitrogens is 2. The van der Waals surface area contributed by atoms with E-state index in [2.05, 4.69) is 10.4 Å². The number of hydrogen-bond acceptors (Lipinski definition) is 2. The molecule has 2 aliphatic carbocycles. The first-order valence-electron chi connectivity index (χ1n) is 7.62. The van der Waals surface area contributed by atoms with Gasteiger partial charge in [0, 0.05) is 25.0 Å². The Labute approximate surface area is 110 Å². The normalized spacial score (nSPS) is 28.4. The van der Waals surface area contributed by atoms with Crippen LogP contribution in [0.15, 0.2) is 18.5 Å². The summed E-state index contributed by atoms with van der Waals surface area (Å²) in [5, 5.41) is 7.99. The fourth-order valence-corrected chi connectivity index (χ4v) is 3.39. The van der Waals surface area contributed by atoms with Crippen LogP contribution < -0.4 is 5.32 Å². The summed E-state index contributed by atoms with van der Waals surface area (Å²) in [5.41, 5.74) is 0. The lowest BCUT2D eigenvalue weighted by Gasteiger charge is -2.30. The summed E-state index contributed by atoms with van der Waals surface area (Å²) >= 11 is 0. The van der Waals surface area contributed by atoms with Gasteiger partial charge in [-0.25, -0.2) is 0 Å². The molecule has 1 N–H and O–H groups in total. The maximum atomic E-state index is 4.23. The van der Waals surface area contributed by atoms with Crippen LogP contribution in [0.4, 0.5) is 0 Å². The maximum absolute atomic E-state index is 4.23. The summed E-state index contributed by atoms with van der Waals surface area (Å²) in [4.78, 5) is 0. The molecule has 2 unspecified atom stereocenters. The van der Waals surface area contributed by atoms with Gasteiger partial charge in [-0.1, -0.05) is 12.8 Å². The third-order valence-corrected chi connectivity index (χ3v) is 4.56. The Kier molecular flexibility index (Phi) is 3.99. The molecule has 0 spiro atoms. The molecule has 1 aromatic rings. The standard InChI is InChI=1S/C15H25N3/c1-4-14(13-6-7-13)12-15(5-1)16-8-2-10-18-11-3-9-17-18/h3,9,11,13-16H,1-2,4-8,10,12H2. The van der Waals surface area contributed by atoms with Crippen molar-refractivity contribution >= 4 is 0 Å². The first kappa shape index (κ1) is 12.2. The first-order valence-corrected chi connectivity index (χ1v) is 7.62. The highest BCUT2D eigenvalue weighted by atomic mass is 15.3. The molecule has 3 heteroatoms. The van der Waals surface area contributed by atoms with Crippen molar-refractivity contribution < 1.29 is 0 Å². The molecule has 3 nitrogen and oxygen atoms in total. The Morgan fingerprint density at radius 2 is 2.11 bits per heavy atom. The third kappa shape index (κ3) is 3.35. The van der Waals surface area contributed by atoms with E-state index in [1.807, 2.05) is 23.1 Å². The maximum Gasteiger partial charge on any atom is 0.0489 e. The lowest BCUT2D eigenvalue weighted by molar-refractivity contribution is 0.260. The second kappa shape index (κ2) is 5.87. The summed E-state index contributed by atoms with van der Waals surface area (Å²) in [5.74, 6) is 2.14. The summed E-state index contributed by atoms with van der Waals surface area (Å²) in [7, 11) is 0. The van der Waals surface area contributed by atoms with Crippen molar-refractivity contribution in [1.29, 1.82) is 0 Å². The fourth-order valence-electron chi connectivity index (χ4n) is 3.39. The lowest BCUT2D eigenvalue weighted by atomic mass is 9.83. The zero-order chi connectivity index (χ0) is 12.2. The second-order valence-corrected chi connectivity index (χ2v) is 6.04. The van der Waals surface area contributed by atoms with Crippen molar-refractivity contribution in [1.82, 2.24) is 15.1 Å². The zero-order valence-electron chi connectivity index (χ0n) is 11.2. The molecular formula is C15H25N3. The summed E-state index contributed by atoms with van der Waals surface area (Å²) in [6, 6.07) is 2.79. The Balaban J connectivity index is 1.32. The lowest BCUT2D eigenvalue weighted by Crippen LogP contribution is -2.35. The molecule has 1 heterocycles. The molecule has 1 aromatic heterocycles. The van der Waals surface area contributed by atoms with Gasteiger partial charge in [-0.05, 0) is 56.6 Å². The van der Waals surface area contributed by atoms with Gasteiger partial charge in [0.05, 0.1) is 0 Å². The molecule has 2 atom stereocenters. The van der Waals surface area contributed by atoms with Crippen LogP contribution >= 0.6 is 0 Å². The van der Waals surface area contributed by atoms with Crippen LogP contribution in [-0.2, 0) is 6.54 Å². The number of nitrogens with zero attached hydrogens (tertiary/aromatic N) is 2. The smallest absolute Gasteiger partial charge is 0.0489 e. The first-order chi connectivity index (χ1) is 8.92. The van der Waals surface area contributed by atoms with Gasteiger partial charge in [0.1, 0.15) is 0 Å². The van der Waals surface area contributed by atoms with Gasteiger partial charge in [0.15, 0.2) is 0 Å². The Hall–Kier alpha value is -0.830. The molecule has 18 heavy (non-hydrogen) atoms. The molecule has 2 aliphatic rings. The highest BCUT2D eigenvalue weighted by molar-refractivity contribution is 4.87. The molecular weight excluding hydrogens is 222 g/mol. The summed E-state index contributed by atoms with van der Waals surface area (Å²) in [6.07, 6.45) is 13.9. The molecule has 0 saturated heterocycles. The topological polar surface area (TPSA) is 29.9 Å². The van der Waals surface area contributed by atoms with E-state index in [9.17, 15) is 0 Å². The van der Waals surface area contributed by atoms with Crippen molar-refractivity contribution in [2.75, 3.05) is 6.54 Å². The number of nitrogens with one attached hydrogen (secondary N) is 1. The largest absolute Gasteiger partial charge is 0.314 e. The second-order valence-electron chi connectivity index (χ2n) is 6.04.